The molecule has 4 heteroatoms. The van der Waals surface area contributed by atoms with Gasteiger partial charge in [0.15, 0.2) is 0 Å². The largest absolute Gasteiger partial charge is 0.377 e. The molecular formula is C12H24N2OS. The highest BCUT2D eigenvalue weighted by Crippen LogP contribution is 2.28. The Morgan fingerprint density at radius 2 is 2.38 bits per heavy atom. The van der Waals surface area contributed by atoms with Crippen molar-refractivity contribution in [3.63, 3.8) is 0 Å². The number of nitrogens with zero attached hydrogens (tertiary/aromatic N) is 1. The quantitative estimate of drug-likeness (QED) is 0.788. The first-order chi connectivity index (χ1) is 7.81. The number of hydrogen-bond donors (Lipinski definition) is 1. The normalized spacial score (nSPS) is 32.4. The second-order valence-electron chi connectivity index (χ2n) is 5.00. The number of hydrogen-bond acceptors (Lipinski definition) is 4. The van der Waals surface area contributed by atoms with Gasteiger partial charge in [-0.25, -0.2) is 0 Å². The van der Waals surface area contributed by atoms with Crippen molar-refractivity contribution >= 4 is 11.8 Å². The molecule has 0 aromatic heterocycles. The van der Waals surface area contributed by atoms with Crippen molar-refractivity contribution < 1.29 is 4.74 Å². The van der Waals surface area contributed by atoms with Gasteiger partial charge in [-0.1, -0.05) is 0 Å². The number of ether oxygens (including phenoxy) is 1. The summed E-state index contributed by atoms with van der Waals surface area (Å²) in [6, 6.07) is 0.555. The van der Waals surface area contributed by atoms with E-state index in [1.807, 2.05) is 0 Å². The zero-order valence-corrected chi connectivity index (χ0v) is 11.0. The number of nitrogens with two attached hydrogens (primary N) is 1. The third kappa shape index (κ3) is 3.13. The number of rotatable bonds is 5. The Morgan fingerprint density at radius 3 is 2.94 bits per heavy atom. The van der Waals surface area contributed by atoms with Gasteiger partial charge in [-0.05, 0) is 43.7 Å². The van der Waals surface area contributed by atoms with Gasteiger partial charge >= 0.3 is 0 Å². The van der Waals surface area contributed by atoms with Crippen LogP contribution in [0.5, 0.6) is 0 Å². The predicted octanol–water partition coefficient (Wildman–Crippen LogP) is 1.18. The Bertz CT molecular complexity index is 203. The van der Waals surface area contributed by atoms with Crippen LogP contribution in [0.3, 0.4) is 0 Å². The van der Waals surface area contributed by atoms with E-state index in [1.165, 1.54) is 30.8 Å². The molecule has 0 aliphatic carbocycles. The summed E-state index contributed by atoms with van der Waals surface area (Å²) in [7, 11) is 2.21. The second kappa shape index (κ2) is 6.24. The molecule has 16 heavy (non-hydrogen) atoms. The zero-order valence-electron chi connectivity index (χ0n) is 10.2. The molecule has 2 N–H and O–H groups in total. The second-order valence-corrected chi connectivity index (χ2v) is 6.15. The predicted molar refractivity (Wildman–Crippen MR) is 69.9 cm³/mol. The Kier molecular flexibility index (Phi) is 4.95. The molecule has 94 valence electrons. The van der Waals surface area contributed by atoms with E-state index >= 15 is 0 Å². The molecule has 0 spiro atoms. The minimum Gasteiger partial charge on any atom is -0.377 e. The van der Waals surface area contributed by atoms with Crippen LogP contribution >= 0.6 is 11.8 Å². The Morgan fingerprint density at radius 1 is 1.50 bits per heavy atom. The SMILES string of the molecule is CN(CC1CCCO1)C(CN)C1CCSC1. The molecule has 2 aliphatic rings. The monoisotopic (exact) mass is 244 g/mol. The lowest BCUT2D eigenvalue weighted by atomic mass is 9.97. The molecule has 3 atom stereocenters. The third-order valence-corrected chi connectivity index (χ3v) is 5.02. The van der Waals surface area contributed by atoms with Crippen LogP contribution in [-0.2, 0) is 4.74 Å². The Labute approximate surface area is 103 Å². The van der Waals surface area contributed by atoms with E-state index in [2.05, 4.69) is 23.7 Å². The van der Waals surface area contributed by atoms with Gasteiger partial charge in [-0.3, -0.25) is 4.90 Å². The molecule has 0 saturated carbocycles. The molecular weight excluding hydrogens is 220 g/mol. The first-order valence-corrected chi connectivity index (χ1v) is 7.56. The lowest BCUT2D eigenvalue weighted by molar-refractivity contribution is 0.0603. The van der Waals surface area contributed by atoms with E-state index in [0.717, 1.165) is 25.6 Å². The van der Waals surface area contributed by atoms with Crippen molar-refractivity contribution in [3.05, 3.63) is 0 Å². The van der Waals surface area contributed by atoms with Crippen molar-refractivity contribution in [2.45, 2.75) is 31.4 Å². The van der Waals surface area contributed by atoms with Gasteiger partial charge in [0, 0.05) is 25.7 Å². The Hall–Kier alpha value is 0.230. The van der Waals surface area contributed by atoms with Gasteiger partial charge in [0.05, 0.1) is 6.10 Å². The molecule has 0 aromatic carbocycles. The van der Waals surface area contributed by atoms with Gasteiger partial charge in [0.1, 0.15) is 0 Å². The molecule has 2 heterocycles. The highest BCUT2D eigenvalue weighted by atomic mass is 32.2. The van der Waals surface area contributed by atoms with Gasteiger partial charge in [-0.2, -0.15) is 11.8 Å². The minimum absolute atomic E-state index is 0.452. The third-order valence-electron chi connectivity index (χ3n) is 3.83. The van der Waals surface area contributed by atoms with Crippen molar-refractivity contribution in [2.24, 2.45) is 11.7 Å². The zero-order chi connectivity index (χ0) is 11.4. The van der Waals surface area contributed by atoms with Gasteiger partial charge in [-0.15, -0.1) is 0 Å². The summed E-state index contributed by atoms with van der Waals surface area (Å²) in [5, 5.41) is 0. The summed E-state index contributed by atoms with van der Waals surface area (Å²) in [4.78, 5) is 2.44. The van der Waals surface area contributed by atoms with Crippen molar-refractivity contribution in [1.82, 2.24) is 4.90 Å². The summed E-state index contributed by atoms with van der Waals surface area (Å²) >= 11 is 2.07. The topological polar surface area (TPSA) is 38.5 Å². The molecule has 0 radical (unpaired) electrons. The highest BCUT2D eigenvalue weighted by Gasteiger charge is 2.29. The van der Waals surface area contributed by atoms with Crippen LogP contribution in [0.2, 0.25) is 0 Å². The summed E-state index contributed by atoms with van der Waals surface area (Å²) < 4.78 is 5.69. The van der Waals surface area contributed by atoms with Crippen molar-refractivity contribution in [3.8, 4) is 0 Å². The fraction of sp³-hybridized carbons (Fsp3) is 1.00. The van der Waals surface area contributed by atoms with E-state index in [4.69, 9.17) is 10.5 Å². The first-order valence-electron chi connectivity index (χ1n) is 6.41. The summed E-state index contributed by atoms with van der Waals surface area (Å²) in [6.45, 7) is 2.79. The maximum Gasteiger partial charge on any atom is 0.0702 e. The molecule has 0 bridgehead atoms. The lowest BCUT2D eigenvalue weighted by Gasteiger charge is -2.32. The molecule has 3 nitrogen and oxygen atoms in total. The summed E-state index contributed by atoms with van der Waals surface area (Å²) in [6.07, 6.45) is 4.24. The molecule has 0 aromatic rings. The maximum absolute atomic E-state index is 5.94. The molecule has 2 aliphatic heterocycles. The summed E-state index contributed by atoms with van der Waals surface area (Å²) in [5.74, 6) is 3.40. The Balaban J connectivity index is 1.81. The average Bonchev–Trinajstić information content (AvgIpc) is 2.91. The number of thioether (sulfide) groups is 1. The molecule has 0 amide bonds. The molecule has 2 fully saturated rings. The van der Waals surface area contributed by atoms with Crippen LogP contribution in [-0.4, -0.2) is 55.3 Å². The maximum atomic E-state index is 5.94. The highest BCUT2D eigenvalue weighted by molar-refractivity contribution is 7.99. The van der Waals surface area contributed by atoms with Crippen molar-refractivity contribution in [1.29, 1.82) is 0 Å². The van der Waals surface area contributed by atoms with Crippen LogP contribution in [0, 0.1) is 5.92 Å². The van der Waals surface area contributed by atoms with Crippen molar-refractivity contribution in [2.75, 3.05) is 38.2 Å². The fourth-order valence-electron chi connectivity index (χ4n) is 2.83. The van der Waals surface area contributed by atoms with Crippen LogP contribution < -0.4 is 5.73 Å². The average molecular weight is 244 g/mol. The van der Waals surface area contributed by atoms with Crippen LogP contribution in [0.15, 0.2) is 0 Å². The first kappa shape index (κ1) is 12.7. The standard InChI is InChI=1S/C12H24N2OS/c1-14(8-11-3-2-5-15-11)12(7-13)10-4-6-16-9-10/h10-12H,2-9,13H2,1H3. The van der Waals surface area contributed by atoms with Gasteiger partial charge in [0.25, 0.3) is 0 Å². The summed E-state index contributed by atoms with van der Waals surface area (Å²) in [5.41, 5.74) is 5.94. The molecule has 2 saturated heterocycles. The van der Waals surface area contributed by atoms with E-state index in [1.54, 1.807) is 0 Å². The number of likely N-dealkylation sites (N-methyl/N-ethyl adjacent to an activating group) is 1. The molecule has 2 rings (SSSR count). The van der Waals surface area contributed by atoms with Crippen LogP contribution in [0.1, 0.15) is 19.3 Å². The van der Waals surface area contributed by atoms with Gasteiger partial charge < -0.3 is 10.5 Å². The fourth-order valence-corrected chi connectivity index (χ4v) is 4.16. The van der Waals surface area contributed by atoms with Gasteiger partial charge in [0.2, 0.25) is 0 Å². The van der Waals surface area contributed by atoms with E-state index < -0.39 is 0 Å². The molecule has 3 unspecified atom stereocenters. The van der Waals surface area contributed by atoms with Crippen LogP contribution in [0.4, 0.5) is 0 Å². The van der Waals surface area contributed by atoms with E-state index in [9.17, 15) is 0 Å². The minimum atomic E-state index is 0.452. The lowest BCUT2D eigenvalue weighted by Crippen LogP contribution is -2.46. The van der Waals surface area contributed by atoms with E-state index in [0.29, 0.717) is 12.1 Å². The van der Waals surface area contributed by atoms with E-state index in [-0.39, 0.29) is 0 Å². The smallest absolute Gasteiger partial charge is 0.0702 e. The van der Waals surface area contributed by atoms with Crippen LogP contribution in [0.25, 0.3) is 0 Å².